The second-order valence-corrected chi connectivity index (χ2v) is 3.76. The summed E-state index contributed by atoms with van der Waals surface area (Å²) >= 11 is 0. The van der Waals surface area contributed by atoms with Gasteiger partial charge in [0.25, 0.3) is 0 Å². The van der Waals surface area contributed by atoms with E-state index in [2.05, 4.69) is 9.72 Å². The summed E-state index contributed by atoms with van der Waals surface area (Å²) in [4.78, 5) is 14.2. The zero-order valence-electron chi connectivity index (χ0n) is 9.82. The van der Waals surface area contributed by atoms with Gasteiger partial charge in [-0.25, -0.2) is 4.98 Å². The van der Waals surface area contributed by atoms with E-state index < -0.39 is 18.1 Å². The van der Waals surface area contributed by atoms with Crippen LogP contribution in [0.3, 0.4) is 0 Å². The molecule has 0 aliphatic carbocycles. The number of carbonyl (C=O) groups is 1. The van der Waals surface area contributed by atoms with Gasteiger partial charge in [-0.05, 0) is 29.8 Å². The third-order valence-corrected chi connectivity index (χ3v) is 2.38. The van der Waals surface area contributed by atoms with Crippen LogP contribution in [0, 0.1) is 5.95 Å². The zero-order chi connectivity index (χ0) is 14.8. The van der Waals surface area contributed by atoms with Crippen molar-refractivity contribution in [1.82, 2.24) is 4.98 Å². The Morgan fingerprint density at radius 3 is 2.55 bits per heavy atom. The van der Waals surface area contributed by atoms with Crippen LogP contribution in [0.5, 0.6) is 5.75 Å². The molecular weight excluding hydrogens is 278 g/mol. The Bertz CT molecular complexity index is 641. The van der Waals surface area contributed by atoms with Gasteiger partial charge in [-0.3, -0.25) is 4.79 Å². The van der Waals surface area contributed by atoms with Gasteiger partial charge in [0.1, 0.15) is 11.4 Å². The number of nitrogens with zero attached hydrogens (tertiary/aromatic N) is 1. The topological polar surface area (TPSA) is 39.2 Å². The van der Waals surface area contributed by atoms with Crippen molar-refractivity contribution in [2.45, 2.75) is 6.36 Å². The van der Waals surface area contributed by atoms with Crippen LogP contribution in [-0.2, 0) is 0 Å². The molecule has 0 bridgehead atoms. The number of hydrogen-bond donors (Lipinski definition) is 0. The fourth-order valence-corrected chi connectivity index (χ4v) is 1.64. The number of ether oxygens (including phenoxy) is 1. The van der Waals surface area contributed by atoms with Crippen molar-refractivity contribution in [1.29, 1.82) is 0 Å². The van der Waals surface area contributed by atoms with E-state index in [1.54, 1.807) is 0 Å². The lowest BCUT2D eigenvalue weighted by atomic mass is 10.0. The molecule has 0 amide bonds. The summed E-state index contributed by atoms with van der Waals surface area (Å²) in [7, 11) is 0. The summed E-state index contributed by atoms with van der Waals surface area (Å²) in [6, 6.07) is 7.28. The standard InChI is InChI=1S/C13H7F4NO2/c14-12-5-4-10(11(7-19)18-12)8-2-1-3-9(6-8)20-13(15,16)17/h1-7H. The molecule has 7 heteroatoms. The first-order valence-electron chi connectivity index (χ1n) is 5.37. The Morgan fingerprint density at radius 1 is 1.15 bits per heavy atom. The summed E-state index contributed by atoms with van der Waals surface area (Å²) in [6.45, 7) is 0. The molecule has 0 aliphatic rings. The number of carbonyl (C=O) groups excluding carboxylic acids is 1. The van der Waals surface area contributed by atoms with Crippen molar-refractivity contribution < 1.29 is 27.1 Å². The van der Waals surface area contributed by atoms with Crippen LogP contribution in [0.15, 0.2) is 36.4 Å². The molecule has 104 valence electrons. The van der Waals surface area contributed by atoms with Crippen molar-refractivity contribution in [3.8, 4) is 16.9 Å². The molecule has 0 saturated heterocycles. The summed E-state index contributed by atoms with van der Waals surface area (Å²) in [6.07, 6.45) is -4.48. The highest BCUT2D eigenvalue weighted by Crippen LogP contribution is 2.28. The van der Waals surface area contributed by atoms with Gasteiger partial charge in [0.2, 0.25) is 5.95 Å². The number of hydrogen-bond acceptors (Lipinski definition) is 3. The van der Waals surface area contributed by atoms with E-state index >= 15 is 0 Å². The Morgan fingerprint density at radius 2 is 1.90 bits per heavy atom. The van der Waals surface area contributed by atoms with Crippen LogP contribution in [0.1, 0.15) is 10.5 Å². The van der Waals surface area contributed by atoms with Crippen LogP contribution in [0.2, 0.25) is 0 Å². The molecule has 0 atom stereocenters. The zero-order valence-corrected chi connectivity index (χ0v) is 9.82. The molecule has 2 aromatic rings. The van der Waals surface area contributed by atoms with Gasteiger partial charge in [0.05, 0.1) is 0 Å². The van der Waals surface area contributed by atoms with Crippen molar-refractivity contribution in [2.24, 2.45) is 0 Å². The molecule has 1 aromatic heterocycles. The van der Waals surface area contributed by atoms with Crippen molar-refractivity contribution in [3.05, 3.63) is 48.0 Å². The van der Waals surface area contributed by atoms with E-state index in [0.717, 1.165) is 18.2 Å². The number of aromatic nitrogens is 1. The molecule has 1 aromatic carbocycles. The number of rotatable bonds is 3. The van der Waals surface area contributed by atoms with E-state index in [1.165, 1.54) is 18.2 Å². The minimum absolute atomic E-state index is 0.200. The first-order chi connectivity index (χ1) is 9.39. The number of benzene rings is 1. The summed E-state index contributed by atoms with van der Waals surface area (Å²) in [5.41, 5.74) is 0.282. The van der Waals surface area contributed by atoms with Gasteiger partial charge in [0.15, 0.2) is 6.29 Å². The lowest BCUT2D eigenvalue weighted by Gasteiger charge is -2.10. The maximum atomic E-state index is 12.9. The van der Waals surface area contributed by atoms with Gasteiger partial charge in [-0.2, -0.15) is 4.39 Å². The molecule has 0 saturated carbocycles. The molecule has 0 fully saturated rings. The SMILES string of the molecule is O=Cc1nc(F)ccc1-c1cccc(OC(F)(F)F)c1. The van der Waals surface area contributed by atoms with Gasteiger partial charge in [0, 0.05) is 5.56 Å². The third-order valence-electron chi connectivity index (χ3n) is 2.38. The molecule has 20 heavy (non-hydrogen) atoms. The predicted octanol–water partition coefficient (Wildman–Crippen LogP) is 3.60. The highest BCUT2D eigenvalue weighted by Gasteiger charge is 2.31. The lowest BCUT2D eigenvalue weighted by molar-refractivity contribution is -0.274. The Hall–Kier alpha value is -2.44. The fourth-order valence-electron chi connectivity index (χ4n) is 1.64. The first-order valence-corrected chi connectivity index (χ1v) is 5.37. The predicted molar refractivity (Wildman–Crippen MR) is 61.7 cm³/mol. The monoisotopic (exact) mass is 285 g/mol. The van der Waals surface area contributed by atoms with Gasteiger partial charge < -0.3 is 4.74 Å². The van der Waals surface area contributed by atoms with E-state index in [4.69, 9.17) is 0 Å². The van der Waals surface area contributed by atoms with Crippen molar-refractivity contribution in [2.75, 3.05) is 0 Å². The van der Waals surface area contributed by atoms with Crippen LogP contribution in [0.4, 0.5) is 17.6 Å². The minimum atomic E-state index is -4.81. The first kappa shape index (κ1) is 14.0. The minimum Gasteiger partial charge on any atom is -0.406 e. The summed E-state index contributed by atoms with van der Waals surface area (Å²) < 4.78 is 53.1. The van der Waals surface area contributed by atoms with Gasteiger partial charge >= 0.3 is 6.36 Å². The van der Waals surface area contributed by atoms with E-state index in [0.29, 0.717) is 6.29 Å². The molecule has 0 aliphatic heterocycles. The van der Waals surface area contributed by atoms with Crippen LogP contribution >= 0.6 is 0 Å². The van der Waals surface area contributed by atoms with Crippen LogP contribution < -0.4 is 4.74 Å². The Labute approximate surface area is 110 Å². The molecule has 0 N–H and O–H groups in total. The van der Waals surface area contributed by atoms with Crippen LogP contribution in [-0.4, -0.2) is 17.6 Å². The number of aldehydes is 1. The van der Waals surface area contributed by atoms with Crippen molar-refractivity contribution in [3.63, 3.8) is 0 Å². The number of halogens is 4. The summed E-state index contributed by atoms with van der Waals surface area (Å²) in [5.74, 6) is -1.28. The smallest absolute Gasteiger partial charge is 0.406 e. The highest BCUT2D eigenvalue weighted by atomic mass is 19.4. The summed E-state index contributed by atoms with van der Waals surface area (Å²) in [5, 5.41) is 0. The van der Waals surface area contributed by atoms with Crippen molar-refractivity contribution >= 4 is 6.29 Å². The van der Waals surface area contributed by atoms with Gasteiger partial charge in [-0.1, -0.05) is 12.1 Å². The van der Waals surface area contributed by atoms with Gasteiger partial charge in [-0.15, -0.1) is 13.2 Å². The maximum Gasteiger partial charge on any atom is 0.573 e. The normalized spacial score (nSPS) is 11.2. The van der Waals surface area contributed by atoms with E-state index in [-0.39, 0.29) is 16.8 Å². The maximum absolute atomic E-state index is 12.9. The second kappa shape index (κ2) is 5.28. The Kier molecular flexibility index (Phi) is 3.69. The van der Waals surface area contributed by atoms with E-state index in [1.807, 2.05) is 0 Å². The molecule has 0 unspecified atom stereocenters. The van der Waals surface area contributed by atoms with E-state index in [9.17, 15) is 22.4 Å². The molecule has 3 nitrogen and oxygen atoms in total. The number of alkyl halides is 3. The molecule has 0 radical (unpaired) electrons. The quantitative estimate of drug-likeness (QED) is 0.491. The number of pyridine rings is 1. The molecule has 1 heterocycles. The average Bonchev–Trinajstić information content (AvgIpc) is 2.36. The fraction of sp³-hybridized carbons (Fsp3) is 0.0769. The molecular formula is C13H7F4NO2. The van der Waals surface area contributed by atoms with Crippen LogP contribution in [0.25, 0.3) is 11.1 Å². The second-order valence-electron chi connectivity index (χ2n) is 3.76. The largest absolute Gasteiger partial charge is 0.573 e. The highest BCUT2D eigenvalue weighted by molar-refractivity contribution is 5.85. The third kappa shape index (κ3) is 3.31. The lowest BCUT2D eigenvalue weighted by Crippen LogP contribution is -2.17. The molecule has 2 rings (SSSR count). The average molecular weight is 285 g/mol. The Balaban J connectivity index is 2.43. The molecule has 0 spiro atoms.